The van der Waals surface area contributed by atoms with Gasteiger partial charge in [0.05, 0.1) is 5.69 Å². The van der Waals surface area contributed by atoms with Gasteiger partial charge in [-0.3, -0.25) is 4.79 Å². The molecule has 0 spiro atoms. The third kappa shape index (κ3) is 2.99. The highest BCUT2D eigenvalue weighted by Crippen LogP contribution is 2.33. The van der Waals surface area contributed by atoms with E-state index in [-0.39, 0.29) is 0 Å². The Kier molecular flexibility index (Phi) is 4.29. The van der Waals surface area contributed by atoms with Gasteiger partial charge in [0.15, 0.2) is 12.1 Å². The van der Waals surface area contributed by atoms with Crippen LogP contribution in [0.3, 0.4) is 0 Å². The zero-order valence-electron chi connectivity index (χ0n) is 13.7. The summed E-state index contributed by atoms with van der Waals surface area (Å²) in [6.45, 7) is 3.93. The van der Waals surface area contributed by atoms with Crippen LogP contribution in [0.2, 0.25) is 0 Å². The molecule has 0 aliphatic heterocycles. The Morgan fingerprint density at radius 3 is 2.42 bits per heavy atom. The van der Waals surface area contributed by atoms with Crippen LogP contribution in [0, 0.1) is 13.8 Å². The largest absolute Gasteiger partial charge is 0.396 e. The number of anilines is 3. The van der Waals surface area contributed by atoms with Gasteiger partial charge < -0.3 is 11.1 Å². The number of aryl methyl sites for hydroxylation is 2. The first kappa shape index (κ1) is 15.7. The second-order valence-electron chi connectivity index (χ2n) is 5.70. The molecule has 1 aromatic heterocycles. The summed E-state index contributed by atoms with van der Waals surface area (Å²) in [6, 6.07) is 17.2. The highest BCUT2D eigenvalue weighted by atomic mass is 16.1. The number of nitrogens with two attached hydrogens (primary N) is 1. The predicted molar refractivity (Wildman–Crippen MR) is 98.7 cm³/mol. The second kappa shape index (κ2) is 6.54. The smallest absolute Gasteiger partial charge is 0.153 e. The molecule has 0 radical (unpaired) electrons. The van der Waals surface area contributed by atoms with Crippen molar-refractivity contribution in [2.24, 2.45) is 0 Å². The zero-order chi connectivity index (χ0) is 17.1. The molecular weight excluding hydrogens is 298 g/mol. The minimum Gasteiger partial charge on any atom is -0.396 e. The highest BCUT2D eigenvalue weighted by molar-refractivity contribution is 5.92. The minimum absolute atomic E-state index is 0.594. The lowest BCUT2D eigenvalue weighted by Crippen LogP contribution is -2.03. The number of hydrogen-bond acceptors (Lipinski definition) is 4. The molecule has 0 saturated carbocycles. The normalized spacial score (nSPS) is 10.4. The molecule has 0 bridgehead atoms. The van der Waals surface area contributed by atoms with E-state index in [2.05, 4.69) is 10.3 Å². The van der Waals surface area contributed by atoms with Gasteiger partial charge in [-0.15, -0.1) is 0 Å². The molecule has 3 N–H and O–H groups in total. The molecule has 3 aromatic rings. The van der Waals surface area contributed by atoms with Crippen molar-refractivity contribution >= 4 is 23.5 Å². The van der Waals surface area contributed by atoms with Gasteiger partial charge in [-0.05, 0) is 37.1 Å². The Bertz CT molecular complexity index is 903. The average Bonchev–Trinajstić information content (AvgIpc) is 2.60. The number of para-hydroxylation sites is 1. The minimum atomic E-state index is 0.594. The lowest BCUT2D eigenvalue weighted by Gasteiger charge is -2.15. The number of benzene rings is 2. The molecule has 0 unspecified atom stereocenters. The number of rotatable bonds is 4. The van der Waals surface area contributed by atoms with Gasteiger partial charge >= 0.3 is 0 Å². The van der Waals surface area contributed by atoms with Crippen LogP contribution in [0.4, 0.5) is 17.2 Å². The molecule has 2 aromatic carbocycles. The number of nitrogens with one attached hydrogen (secondary N) is 1. The lowest BCUT2D eigenvalue weighted by molar-refractivity contribution is 0.112. The Labute approximate surface area is 141 Å². The van der Waals surface area contributed by atoms with E-state index >= 15 is 0 Å². The van der Waals surface area contributed by atoms with Crippen molar-refractivity contribution < 1.29 is 4.79 Å². The zero-order valence-corrected chi connectivity index (χ0v) is 13.7. The summed E-state index contributed by atoms with van der Waals surface area (Å²) in [5.41, 5.74) is 12.0. The number of aldehydes is 1. The number of nitrogens with zero attached hydrogens (tertiary/aromatic N) is 1. The van der Waals surface area contributed by atoms with Crippen LogP contribution in [0.1, 0.15) is 21.6 Å². The maximum absolute atomic E-state index is 11.4. The van der Waals surface area contributed by atoms with Crippen LogP contribution < -0.4 is 11.1 Å². The van der Waals surface area contributed by atoms with Crippen molar-refractivity contribution in [3.8, 4) is 11.1 Å². The number of hydrogen-bond donors (Lipinski definition) is 2. The first-order chi connectivity index (χ1) is 11.6. The van der Waals surface area contributed by atoms with E-state index in [1.807, 2.05) is 68.4 Å². The summed E-state index contributed by atoms with van der Waals surface area (Å²) < 4.78 is 0. The van der Waals surface area contributed by atoms with Crippen LogP contribution >= 0.6 is 0 Å². The summed E-state index contributed by atoms with van der Waals surface area (Å²) >= 11 is 0. The number of nitrogen functional groups attached to an aromatic ring is 1. The molecule has 0 atom stereocenters. The molecule has 0 saturated heterocycles. The van der Waals surface area contributed by atoms with E-state index in [1.165, 1.54) is 0 Å². The van der Waals surface area contributed by atoms with E-state index in [9.17, 15) is 4.79 Å². The highest BCUT2D eigenvalue weighted by Gasteiger charge is 2.11. The molecule has 0 aliphatic carbocycles. The van der Waals surface area contributed by atoms with Crippen LogP contribution in [0.5, 0.6) is 0 Å². The van der Waals surface area contributed by atoms with Crippen LogP contribution in [0.15, 0.2) is 54.6 Å². The fourth-order valence-corrected chi connectivity index (χ4v) is 2.63. The van der Waals surface area contributed by atoms with Crippen molar-refractivity contribution in [1.82, 2.24) is 4.98 Å². The summed E-state index contributed by atoms with van der Waals surface area (Å²) in [4.78, 5) is 15.9. The molecule has 0 aliphatic rings. The maximum atomic E-state index is 11.4. The number of carbonyl (C=O) groups excluding carboxylic acids is 1. The van der Waals surface area contributed by atoms with Crippen molar-refractivity contribution in [2.45, 2.75) is 13.8 Å². The quantitative estimate of drug-likeness (QED) is 0.695. The molecule has 120 valence electrons. The van der Waals surface area contributed by atoms with Crippen LogP contribution in [0.25, 0.3) is 11.1 Å². The monoisotopic (exact) mass is 317 g/mol. The first-order valence-corrected chi connectivity index (χ1v) is 7.74. The third-order valence-corrected chi connectivity index (χ3v) is 4.05. The molecule has 24 heavy (non-hydrogen) atoms. The summed E-state index contributed by atoms with van der Waals surface area (Å²) in [5.74, 6) is 0.620. The summed E-state index contributed by atoms with van der Waals surface area (Å²) in [7, 11) is 0. The Morgan fingerprint density at radius 2 is 1.67 bits per heavy atom. The topological polar surface area (TPSA) is 68.0 Å². The van der Waals surface area contributed by atoms with E-state index in [0.717, 1.165) is 34.4 Å². The third-order valence-electron chi connectivity index (χ3n) is 4.05. The Hall–Kier alpha value is -3.14. The number of pyridine rings is 1. The second-order valence-corrected chi connectivity index (χ2v) is 5.70. The lowest BCUT2D eigenvalue weighted by atomic mass is 9.99. The Balaban J connectivity index is 2.08. The van der Waals surface area contributed by atoms with E-state index in [4.69, 9.17) is 5.73 Å². The molecule has 4 nitrogen and oxygen atoms in total. The van der Waals surface area contributed by atoms with Gasteiger partial charge in [0.2, 0.25) is 0 Å². The first-order valence-electron chi connectivity index (χ1n) is 7.74. The van der Waals surface area contributed by atoms with E-state index in [1.54, 1.807) is 0 Å². The molecule has 0 fully saturated rings. The van der Waals surface area contributed by atoms with E-state index in [0.29, 0.717) is 17.1 Å². The number of carbonyl (C=O) groups is 1. The summed E-state index contributed by atoms with van der Waals surface area (Å²) in [6.07, 6.45) is 0.870. The van der Waals surface area contributed by atoms with Crippen molar-refractivity contribution in [3.05, 3.63) is 71.4 Å². The van der Waals surface area contributed by atoms with Gasteiger partial charge in [-0.1, -0.05) is 42.5 Å². The van der Waals surface area contributed by atoms with Crippen LogP contribution in [-0.4, -0.2) is 11.3 Å². The van der Waals surface area contributed by atoms with Gasteiger partial charge in [-0.25, -0.2) is 4.98 Å². The average molecular weight is 317 g/mol. The molecular formula is C20H19N3O. The maximum Gasteiger partial charge on any atom is 0.153 e. The van der Waals surface area contributed by atoms with Gasteiger partial charge in [0.25, 0.3) is 0 Å². The fraction of sp³-hybridized carbons (Fsp3) is 0.100. The van der Waals surface area contributed by atoms with Gasteiger partial charge in [0.1, 0.15) is 0 Å². The van der Waals surface area contributed by atoms with Gasteiger partial charge in [-0.2, -0.15) is 0 Å². The standard InChI is InChI=1S/C20H19N3O/c1-13-11-18(21)20(22-14(13)2)23-19-10-6-5-9-17(19)16-8-4-3-7-15(16)12-24/h3-12H,21H2,1-2H3,(H,22,23). The molecule has 3 rings (SSSR count). The van der Waals surface area contributed by atoms with Crippen molar-refractivity contribution in [3.63, 3.8) is 0 Å². The van der Waals surface area contributed by atoms with Gasteiger partial charge in [0, 0.05) is 22.5 Å². The Morgan fingerprint density at radius 1 is 1.00 bits per heavy atom. The van der Waals surface area contributed by atoms with Crippen molar-refractivity contribution in [1.29, 1.82) is 0 Å². The fourth-order valence-electron chi connectivity index (χ4n) is 2.63. The SMILES string of the molecule is Cc1cc(N)c(Nc2ccccc2-c2ccccc2C=O)nc1C. The van der Waals surface area contributed by atoms with Crippen molar-refractivity contribution in [2.75, 3.05) is 11.1 Å². The van der Waals surface area contributed by atoms with Crippen LogP contribution in [-0.2, 0) is 0 Å². The molecule has 1 heterocycles. The molecule has 0 amide bonds. The number of aromatic nitrogens is 1. The predicted octanol–water partition coefficient (Wildman–Crippen LogP) is 4.50. The van der Waals surface area contributed by atoms with E-state index < -0.39 is 0 Å². The summed E-state index contributed by atoms with van der Waals surface area (Å²) in [5, 5.41) is 3.31. The molecule has 4 heteroatoms.